The van der Waals surface area contributed by atoms with Crippen LogP contribution in [0.15, 0.2) is 22.9 Å². The zero-order valence-electron chi connectivity index (χ0n) is 10.5. The zero-order chi connectivity index (χ0) is 13.1. The minimum atomic E-state index is 0.0501. The van der Waals surface area contributed by atoms with Crippen LogP contribution in [0.3, 0.4) is 0 Å². The van der Waals surface area contributed by atoms with Crippen molar-refractivity contribution in [3.8, 4) is 0 Å². The van der Waals surface area contributed by atoms with Crippen molar-refractivity contribution < 1.29 is 4.79 Å². The van der Waals surface area contributed by atoms with Crippen molar-refractivity contribution in [2.24, 2.45) is 11.7 Å². The molecule has 0 saturated carbocycles. The van der Waals surface area contributed by atoms with Crippen LogP contribution in [0.2, 0.25) is 0 Å². The third-order valence-electron chi connectivity index (χ3n) is 3.44. The van der Waals surface area contributed by atoms with Gasteiger partial charge in [0.2, 0.25) is 0 Å². The molecule has 0 spiro atoms. The van der Waals surface area contributed by atoms with Gasteiger partial charge >= 0.3 is 0 Å². The molecule has 2 N–H and O–H groups in total. The molecule has 18 heavy (non-hydrogen) atoms. The molecule has 1 aliphatic heterocycles. The van der Waals surface area contributed by atoms with Gasteiger partial charge in [-0.15, -0.1) is 0 Å². The zero-order valence-corrected chi connectivity index (χ0v) is 12.1. The molecule has 0 unspecified atom stereocenters. The maximum absolute atomic E-state index is 12.3. The van der Waals surface area contributed by atoms with Gasteiger partial charge in [-0.1, -0.05) is 0 Å². The largest absolute Gasteiger partial charge is 0.338 e. The van der Waals surface area contributed by atoms with E-state index in [1.54, 1.807) is 12.4 Å². The van der Waals surface area contributed by atoms with Crippen LogP contribution in [0.4, 0.5) is 0 Å². The average molecular weight is 312 g/mol. The summed E-state index contributed by atoms with van der Waals surface area (Å²) in [5, 5.41) is 0. The maximum atomic E-state index is 12.3. The summed E-state index contributed by atoms with van der Waals surface area (Å²) in [6.45, 7) is 3.58. The Labute approximate surface area is 116 Å². The molecular formula is C13H18BrN3O. The molecule has 1 saturated heterocycles. The smallest absolute Gasteiger partial charge is 0.255 e. The fourth-order valence-electron chi connectivity index (χ4n) is 2.33. The summed E-state index contributed by atoms with van der Waals surface area (Å²) < 4.78 is 0.828. The SMILES string of the molecule is C[C@H](N)[C@@H]1CCCN(C(=O)c2cncc(Br)c2)C1. The lowest BCUT2D eigenvalue weighted by Gasteiger charge is -2.34. The van der Waals surface area contributed by atoms with Gasteiger partial charge in [-0.25, -0.2) is 0 Å². The first-order valence-electron chi connectivity index (χ1n) is 6.23. The van der Waals surface area contributed by atoms with Crippen LogP contribution < -0.4 is 5.73 Å². The minimum Gasteiger partial charge on any atom is -0.338 e. The number of amides is 1. The second kappa shape index (κ2) is 5.80. The number of rotatable bonds is 2. The predicted molar refractivity (Wildman–Crippen MR) is 74.2 cm³/mol. The number of hydrogen-bond acceptors (Lipinski definition) is 3. The summed E-state index contributed by atoms with van der Waals surface area (Å²) in [6.07, 6.45) is 5.43. The van der Waals surface area contributed by atoms with Gasteiger partial charge in [0.15, 0.2) is 0 Å². The summed E-state index contributed by atoms with van der Waals surface area (Å²) in [5.74, 6) is 0.456. The van der Waals surface area contributed by atoms with E-state index in [1.165, 1.54) is 0 Å². The van der Waals surface area contributed by atoms with Crippen LogP contribution in [-0.4, -0.2) is 34.9 Å². The van der Waals surface area contributed by atoms with E-state index in [9.17, 15) is 4.79 Å². The van der Waals surface area contributed by atoms with Crippen molar-refractivity contribution in [3.63, 3.8) is 0 Å². The Hall–Kier alpha value is -0.940. The number of piperidine rings is 1. The van der Waals surface area contributed by atoms with E-state index in [4.69, 9.17) is 5.73 Å². The topological polar surface area (TPSA) is 59.2 Å². The molecule has 98 valence electrons. The third-order valence-corrected chi connectivity index (χ3v) is 3.87. The first kappa shape index (κ1) is 13.5. The van der Waals surface area contributed by atoms with Gasteiger partial charge in [0, 0.05) is 36.0 Å². The highest BCUT2D eigenvalue weighted by Crippen LogP contribution is 2.21. The second-order valence-corrected chi connectivity index (χ2v) is 5.82. The number of halogens is 1. The van der Waals surface area contributed by atoms with Crippen LogP contribution in [-0.2, 0) is 0 Å². The van der Waals surface area contributed by atoms with Crippen LogP contribution in [0.1, 0.15) is 30.1 Å². The summed E-state index contributed by atoms with van der Waals surface area (Å²) in [4.78, 5) is 18.3. The Morgan fingerprint density at radius 1 is 1.61 bits per heavy atom. The Kier molecular flexibility index (Phi) is 4.35. The highest BCUT2D eigenvalue weighted by atomic mass is 79.9. The molecule has 2 heterocycles. The molecule has 2 rings (SSSR count). The number of likely N-dealkylation sites (tertiary alicyclic amines) is 1. The van der Waals surface area contributed by atoms with Crippen LogP contribution in [0.5, 0.6) is 0 Å². The van der Waals surface area contributed by atoms with Crippen molar-refractivity contribution in [3.05, 3.63) is 28.5 Å². The van der Waals surface area contributed by atoms with E-state index in [1.807, 2.05) is 17.9 Å². The molecule has 1 aromatic rings. The Bertz CT molecular complexity index is 436. The fourth-order valence-corrected chi connectivity index (χ4v) is 2.70. The molecule has 1 aromatic heterocycles. The molecule has 0 radical (unpaired) electrons. The summed E-state index contributed by atoms with van der Waals surface area (Å²) in [5.41, 5.74) is 6.57. The lowest BCUT2D eigenvalue weighted by atomic mass is 9.92. The van der Waals surface area contributed by atoms with Crippen molar-refractivity contribution in [1.29, 1.82) is 0 Å². The molecule has 0 aliphatic carbocycles. The van der Waals surface area contributed by atoms with E-state index in [0.717, 1.165) is 30.4 Å². The van der Waals surface area contributed by atoms with Gasteiger partial charge in [-0.05, 0) is 47.7 Å². The van der Waals surface area contributed by atoms with Gasteiger partial charge in [-0.2, -0.15) is 0 Å². The standard InChI is InChI=1S/C13H18BrN3O/c1-9(15)10-3-2-4-17(8-10)13(18)11-5-12(14)7-16-6-11/h5-7,9-10H,2-4,8,15H2,1H3/t9-,10+/m0/s1. The molecule has 4 nitrogen and oxygen atoms in total. The Morgan fingerprint density at radius 3 is 3.06 bits per heavy atom. The van der Waals surface area contributed by atoms with Crippen LogP contribution in [0.25, 0.3) is 0 Å². The number of aromatic nitrogens is 1. The van der Waals surface area contributed by atoms with Crippen LogP contribution in [0, 0.1) is 5.92 Å². The quantitative estimate of drug-likeness (QED) is 0.909. The molecule has 2 atom stereocenters. The molecule has 1 fully saturated rings. The maximum Gasteiger partial charge on any atom is 0.255 e. The lowest BCUT2D eigenvalue weighted by Crippen LogP contribution is -2.45. The fraction of sp³-hybridized carbons (Fsp3) is 0.538. The monoisotopic (exact) mass is 311 g/mol. The predicted octanol–water partition coefficient (Wildman–Crippen LogP) is 2.04. The average Bonchev–Trinajstić information content (AvgIpc) is 2.38. The van der Waals surface area contributed by atoms with Gasteiger partial charge in [0.05, 0.1) is 5.56 Å². The number of nitrogens with zero attached hydrogens (tertiary/aromatic N) is 2. The molecular weight excluding hydrogens is 294 g/mol. The first-order chi connectivity index (χ1) is 8.58. The number of carbonyl (C=O) groups excluding carboxylic acids is 1. The minimum absolute atomic E-state index is 0.0501. The molecule has 0 aromatic carbocycles. The number of carbonyl (C=O) groups is 1. The van der Waals surface area contributed by atoms with E-state index >= 15 is 0 Å². The Balaban J connectivity index is 2.09. The first-order valence-corrected chi connectivity index (χ1v) is 7.02. The highest BCUT2D eigenvalue weighted by molar-refractivity contribution is 9.10. The normalized spacial score (nSPS) is 21.7. The number of pyridine rings is 1. The van der Waals surface area contributed by atoms with Crippen molar-refractivity contribution in [1.82, 2.24) is 9.88 Å². The van der Waals surface area contributed by atoms with E-state index in [0.29, 0.717) is 11.5 Å². The van der Waals surface area contributed by atoms with Gasteiger partial charge in [0.1, 0.15) is 0 Å². The van der Waals surface area contributed by atoms with E-state index < -0.39 is 0 Å². The lowest BCUT2D eigenvalue weighted by molar-refractivity contribution is 0.0660. The summed E-state index contributed by atoms with van der Waals surface area (Å²) in [6, 6.07) is 1.95. The van der Waals surface area contributed by atoms with Crippen molar-refractivity contribution >= 4 is 21.8 Å². The van der Waals surface area contributed by atoms with Gasteiger partial charge in [0.25, 0.3) is 5.91 Å². The van der Waals surface area contributed by atoms with E-state index in [2.05, 4.69) is 20.9 Å². The van der Waals surface area contributed by atoms with Gasteiger partial charge in [-0.3, -0.25) is 9.78 Å². The van der Waals surface area contributed by atoms with Gasteiger partial charge < -0.3 is 10.6 Å². The number of nitrogens with two attached hydrogens (primary N) is 1. The second-order valence-electron chi connectivity index (χ2n) is 4.90. The number of hydrogen-bond donors (Lipinski definition) is 1. The third kappa shape index (κ3) is 3.09. The summed E-state index contributed by atoms with van der Waals surface area (Å²) in [7, 11) is 0. The molecule has 1 aliphatic rings. The Morgan fingerprint density at radius 2 is 2.39 bits per heavy atom. The van der Waals surface area contributed by atoms with Crippen molar-refractivity contribution in [2.45, 2.75) is 25.8 Å². The van der Waals surface area contributed by atoms with Crippen LogP contribution >= 0.6 is 15.9 Å². The molecule has 0 bridgehead atoms. The highest BCUT2D eigenvalue weighted by Gasteiger charge is 2.26. The van der Waals surface area contributed by atoms with E-state index in [-0.39, 0.29) is 11.9 Å². The molecule has 5 heteroatoms. The summed E-state index contributed by atoms with van der Waals surface area (Å²) >= 11 is 3.34. The molecule has 1 amide bonds. The van der Waals surface area contributed by atoms with Crippen molar-refractivity contribution in [2.75, 3.05) is 13.1 Å².